The van der Waals surface area contributed by atoms with Gasteiger partial charge in [0.15, 0.2) is 5.90 Å². The van der Waals surface area contributed by atoms with Gasteiger partial charge in [0.2, 0.25) is 0 Å². The van der Waals surface area contributed by atoms with E-state index in [-0.39, 0.29) is 17.7 Å². The molecule has 0 radical (unpaired) electrons. The van der Waals surface area contributed by atoms with Gasteiger partial charge in [0.25, 0.3) is 5.91 Å². The first kappa shape index (κ1) is 34.9. The number of aliphatic imine (C=N–C) groups is 1. The number of hydrogen-bond donors (Lipinski definition) is 1. The van der Waals surface area contributed by atoms with Crippen LogP contribution in [0.15, 0.2) is 124 Å². The molecule has 0 aliphatic carbocycles. The van der Waals surface area contributed by atoms with E-state index in [0.29, 0.717) is 18.9 Å². The smallest absolute Gasteiger partial charge is 0.259 e. The molecule has 7 rings (SSSR count). The van der Waals surface area contributed by atoms with E-state index in [1.54, 1.807) is 0 Å². The number of rotatable bonds is 9. The predicted molar refractivity (Wildman–Crippen MR) is 203 cm³/mol. The second-order valence-corrected chi connectivity index (χ2v) is 14.5. The molecule has 1 amide bonds. The van der Waals surface area contributed by atoms with Crippen LogP contribution in [-0.4, -0.2) is 65.5 Å². The van der Waals surface area contributed by atoms with Crippen molar-refractivity contribution in [3.63, 3.8) is 0 Å². The van der Waals surface area contributed by atoms with Crippen molar-refractivity contribution in [2.24, 2.45) is 10.9 Å². The summed E-state index contributed by atoms with van der Waals surface area (Å²) >= 11 is 1.88. The summed E-state index contributed by atoms with van der Waals surface area (Å²) in [6.07, 6.45) is 3.08. The zero-order valence-electron chi connectivity index (χ0n) is 29.2. The van der Waals surface area contributed by atoms with Crippen LogP contribution in [0.3, 0.4) is 0 Å². The molecule has 256 valence electrons. The highest BCUT2D eigenvalue weighted by Crippen LogP contribution is 2.48. The van der Waals surface area contributed by atoms with Gasteiger partial charge < -0.3 is 10.0 Å². The first-order chi connectivity index (χ1) is 23.9. The highest BCUT2D eigenvalue weighted by atomic mass is 32.2. The third-order valence-corrected chi connectivity index (χ3v) is 11.7. The van der Waals surface area contributed by atoms with Gasteiger partial charge in [-0.1, -0.05) is 111 Å². The molecule has 7 heteroatoms. The van der Waals surface area contributed by atoms with E-state index in [9.17, 15) is 9.90 Å². The minimum Gasteiger partial charge on any atom is -0.496 e. The Morgan fingerprint density at radius 1 is 0.837 bits per heavy atom. The van der Waals surface area contributed by atoms with Crippen molar-refractivity contribution in [2.45, 2.75) is 74.2 Å². The lowest BCUT2D eigenvalue weighted by molar-refractivity contribution is -0.127. The summed E-state index contributed by atoms with van der Waals surface area (Å²) in [5.41, 5.74) is 4.46. The molecule has 0 aromatic heterocycles. The largest absolute Gasteiger partial charge is 0.496 e. The normalized spacial score (nSPS) is 20.1. The van der Waals surface area contributed by atoms with E-state index in [0.717, 1.165) is 57.7 Å². The molecule has 0 bridgehead atoms. The average Bonchev–Trinajstić information content (AvgIpc) is 3.14. The molecule has 4 aromatic carbocycles. The van der Waals surface area contributed by atoms with Crippen molar-refractivity contribution in [3.05, 3.63) is 120 Å². The highest BCUT2D eigenvalue weighted by molar-refractivity contribution is 7.99. The fourth-order valence-electron chi connectivity index (χ4n) is 7.94. The van der Waals surface area contributed by atoms with Crippen molar-refractivity contribution in [3.8, 4) is 0 Å². The van der Waals surface area contributed by atoms with Gasteiger partial charge in [0.1, 0.15) is 0 Å². The molecule has 1 N–H and O–H groups in total. The van der Waals surface area contributed by atoms with Gasteiger partial charge in [-0.15, -0.1) is 0 Å². The number of carbonyl (C=O) groups is 1. The van der Waals surface area contributed by atoms with Gasteiger partial charge in [-0.05, 0) is 93.7 Å². The Morgan fingerprint density at radius 2 is 1.39 bits per heavy atom. The number of anilines is 2. The van der Waals surface area contributed by atoms with Crippen LogP contribution in [0.25, 0.3) is 0 Å². The van der Waals surface area contributed by atoms with Gasteiger partial charge in [-0.3, -0.25) is 14.6 Å². The summed E-state index contributed by atoms with van der Waals surface area (Å²) in [6, 6.07) is 38.6. The van der Waals surface area contributed by atoms with Crippen LogP contribution in [0, 0.1) is 5.92 Å². The van der Waals surface area contributed by atoms with E-state index in [1.165, 1.54) is 26.7 Å². The molecule has 6 nitrogen and oxygen atoms in total. The van der Waals surface area contributed by atoms with Crippen LogP contribution in [0.2, 0.25) is 0 Å². The maximum Gasteiger partial charge on any atom is 0.259 e. The third kappa shape index (κ3) is 7.80. The van der Waals surface area contributed by atoms with E-state index in [2.05, 4.69) is 113 Å². The van der Waals surface area contributed by atoms with Gasteiger partial charge in [-0.25, -0.2) is 0 Å². The molecular formula is C42H50N4O2S. The van der Waals surface area contributed by atoms with E-state index in [4.69, 9.17) is 0 Å². The van der Waals surface area contributed by atoms with Crippen LogP contribution in [0.1, 0.15) is 57.6 Å². The molecule has 0 spiro atoms. The minimum absolute atomic E-state index is 0.0203. The minimum atomic E-state index is -0.591. The average molecular weight is 675 g/mol. The standard InChI is InChI=1S/C23H26N2O2.C19H24N2S/c26-21-11-14-23(22(27)24-21,19-9-5-2-6-10-19)20-12-15-25(16-13-20)17-18-7-3-1-4-8-18;1-4-20(5-2)15(3)14-21-16-10-6-8-12-18(16)22-19-13-9-7-11-17(19)21/h1-10,20H,11-17H2,(H,24,26,27);6-13,15H,4-5,14H2,1-3H3/t23-;/m1./s1. The quantitative estimate of drug-likeness (QED) is 0.191. The topological polar surface area (TPSA) is 59.4 Å². The second-order valence-electron chi connectivity index (χ2n) is 13.4. The van der Waals surface area contributed by atoms with Crippen LogP contribution in [0.4, 0.5) is 11.4 Å². The molecule has 49 heavy (non-hydrogen) atoms. The third-order valence-electron chi connectivity index (χ3n) is 10.6. The number of hydrogen-bond acceptors (Lipinski definition) is 5. The van der Waals surface area contributed by atoms with Crippen molar-refractivity contribution in [1.29, 1.82) is 0 Å². The van der Waals surface area contributed by atoms with Gasteiger partial charge in [-0.2, -0.15) is 4.99 Å². The first-order valence-electron chi connectivity index (χ1n) is 17.9. The lowest BCUT2D eigenvalue weighted by atomic mass is 9.63. The number of piperidine rings is 1. The molecule has 2 atom stereocenters. The van der Waals surface area contributed by atoms with E-state index in [1.807, 2.05) is 48.2 Å². The zero-order chi connectivity index (χ0) is 34.2. The van der Waals surface area contributed by atoms with Crippen molar-refractivity contribution in [1.82, 2.24) is 9.80 Å². The number of nitrogens with zero attached hydrogens (tertiary/aromatic N) is 4. The number of carbonyl (C=O) groups excluding carboxylic acids is 1. The van der Waals surface area contributed by atoms with Crippen molar-refractivity contribution >= 4 is 34.9 Å². The molecule has 1 unspecified atom stereocenters. The summed E-state index contributed by atoms with van der Waals surface area (Å²) < 4.78 is 0. The number of likely N-dealkylation sites (N-methyl/N-ethyl adjacent to an activating group) is 1. The molecular weight excluding hydrogens is 625 g/mol. The van der Waals surface area contributed by atoms with Gasteiger partial charge >= 0.3 is 0 Å². The maximum absolute atomic E-state index is 13.0. The highest BCUT2D eigenvalue weighted by Gasteiger charge is 2.49. The Balaban J connectivity index is 0.000000174. The monoisotopic (exact) mass is 674 g/mol. The van der Waals surface area contributed by atoms with Gasteiger partial charge in [0.05, 0.1) is 16.8 Å². The van der Waals surface area contributed by atoms with Crippen LogP contribution < -0.4 is 4.90 Å². The van der Waals surface area contributed by atoms with Crippen LogP contribution >= 0.6 is 11.8 Å². The van der Waals surface area contributed by atoms with Crippen LogP contribution in [-0.2, 0) is 16.8 Å². The fourth-order valence-corrected chi connectivity index (χ4v) is 9.03. The molecule has 1 fully saturated rings. The van der Waals surface area contributed by atoms with E-state index >= 15 is 0 Å². The lowest BCUT2D eigenvalue weighted by Crippen LogP contribution is -2.49. The molecule has 1 saturated heterocycles. The van der Waals surface area contributed by atoms with Gasteiger partial charge in [0, 0.05) is 35.3 Å². The number of aliphatic hydroxyl groups excluding tert-OH is 1. The number of fused-ring (bicyclic) bond motifs is 2. The Labute approximate surface area is 296 Å². The number of para-hydroxylation sites is 2. The molecule has 3 aliphatic rings. The molecule has 3 aliphatic heterocycles. The Kier molecular flexibility index (Phi) is 11.5. The Hall–Kier alpha value is -3.91. The SMILES string of the molecule is CCN(CC)C(C)CN1c2ccccc2Sc2ccccc21.O=C1N=C(O)CC[C@@]1(c1ccccc1)C1CCN(Cc2ccccc2)CC1. The number of likely N-dealkylation sites (tertiary alicyclic amines) is 1. The molecule has 0 saturated carbocycles. The molecule has 3 heterocycles. The number of benzene rings is 4. The van der Waals surface area contributed by atoms with Crippen LogP contribution in [0.5, 0.6) is 0 Å². The summed E-state index contributed by atoms with van der Waals surface area (Å²) in [4.78, 5) is 27.2. The summed E-state index contributed by atoms with van der Waals surface area (Å²) in [5, 5.41) is 9.78. The summed E-state index contributed by atoms with van der Waals surface area (Å²) in [5.74, 6) is 0.0725. The number of aliphatic hydroxyl groups is 1. The maximum atomic E-state index is 13.0. The second kappa shape index (κ2) is 16.2. The Morgan fingerprint density at radius 3 is 1.96 bits per heavy atom. The van der Waals surface area contributed by atoms with Crippen molar-refractivity contribution in [2.75, 3.05) is 37.6 Å². The summed E-state index contributed by atoms with van der Waals surface area (Å²) in [6.45, 7) is 13.0. The predicted octanol–water partition coefficient (Wildman–Crippen LogP) is 9.13. The molecule has 4 aromatic rings. The Bertz CT molecular complexity index is 1660. The van der Waals surface area contributed by atoms with Crippen molar-refractivity contribution < 1.29 is 9.90 Å². The summed E-state index contributed by atoms with van der Waals surface area (Å²) in [7, 11) is 0. The zero-order valence-corrected chi connectivity index (χ0v) is 30.0. The fraction of sp³-hybridized carbons (Fsp3) is 0.381. The van der Waals surface area contributed by atoms with E-state index < -0.39 is 5.41 Å². The number of amides is 1. The lowest BCUT2D eigenvalue weighted by Gasteiger charge is -2.44. The first-order valence-corrected chi connectivity index (χ1v) is 18.7.